The third-order valence-corrected chi connectivity index (χ3v) is 10.1. The predicted octanol–water partition coefficient (Wildman–Crippen LogP) is 5.18. The lowest BCUT2D eigenvalue weighted by Crippen LogP contribution is -2.47. The van der Waals surface area contributed by atoms with E-state index in [4.69, 9.17) is 0 Å². The van der Waals surface area contributed by atoms with Gasteiger partial charge in [-0.15, -0.1) is 11.3 Å². The van der Waals surface area contributed by atoms with Crippen LogP contribution in [0, 0.1) is 5.92 Å². The van der Waals surface area contributed by atoms with Gasteiger partial charge in [-0.3, -0.25) is 19.3 Å². The maximum atomic E-state index is 13.5. The van der Waals surface area contributed by atoms with E-state index in [-0.39, 0.29) is 29.3 Å². The Kier molecular flexibility index (Phi) is 8.06. The summed E-state index contributed by atoms with van der Waals surface area (Å²) < 4.78 is 1.93. The van der Waals surface area contributed by atoms with Crippen LogP contribution in [0.1, 0.15) is 56.5 Å². The van der Waals surface area contributed by atoms with Gasteiger partial charge in [-0.25, -0.2) is 0 Å². The Balaban J connectivity index is 1.08. The van der Waals surface area contributed by atoms with Crippen molar-refractivity contribution in [1.29, 1.82) is 0 Å². The Morgan fingerprint density at radius 2 is 1.70 bits per heavy atom. The quantitative estimate of drug-likeness (QED) is 0.303. The summed E-state index contributed by atoms with van der Waals surface area (Å²) in [5.41, 5.74) is 4.53. The summed E-state index contributed by atoms with van der Waals surface area (Å²) in [4.78, 5) is 44.6. The number of pyridine rings is 1. The Morgan fingerprint density at radius 3 is 2.50 bits per heavy atom. The number of carbonyl (C=O) groups excluding carboxylic acids is 2. The summed E-state index contributed by atoms with van der Waals surface area (Å²) in [5, 5.41) is 8.26. The van der Waals surface area contributed by atoms with Crippen molar-refractivity contribution in [2.45, 2.75) is 44.3 Å². The molecule has 2 saturated heterocycles. The number of benzene rings is 2. The van der Waals surface area contributed by atoms with Crippen molar-refractivity contribution in [3.05, 3.63) is 116 Å². The first kappa shape index (κ1) is 28.6. The molecule has 2 unspecified atom stereocenters. The van der Waals surface area contributed by atoms with Gasteiger partial charge >= 0.3 is 0 Å². The van der Waals surface area contributed by atoms with Gasteiger partial charge in [0, 0.05) is 68.6 Å². The highest BCUT2D eigenvalue weighted by Gasteiger charge is 2.35. The number of nitrogens with zero attached hydrogens (tertiary/aromatic N) is 3. The van der Waals surface area contributed by atoms with E-state index in [1.54, 1.807) is 12.1 Å². The summed E-state index contributed by atoms with van der Waals surface area (Å²) in [6.07, 6.45) is 2.85. The lowest BCUT2D eigenvalue weighted by molar-refractivity contribution is 0.0908. The van der Waals surface area contributed by atoms with E-state index in [1.165, 1.54) is 16.9 Å². The van der Waals surface area contributed by atoms with Gasteiger partial charge < -0.3 is 20.1 Å². The zero-order valence-electron chi connectivity index (χ0n) is 24.7. The molecule has 0 saturated carbocycles. The molecule has 7 rings (SSSR count). The average molecular weight is 608 g/mol. The second-order valence-electron chi connectivity index (χ2n) is 12.3. The molecule has 2 aromatic heterocycles. The number of carbonyl (C=O) groups is 2. The molecule has 0 radical (unpaired) electrons. The fourth-order valence-electron chi connectivity index (χ4n) is 7.08. The summed E-state index contributed by atoms with van der Waals surface area (Å²) in [6, 6.07) is 25.5. The van der Waals surface area contributed by atoms with Crippen molar-refractivity contribution in [3.63, 3.8) is 0 Å². The third-order valence-electron chi connectivity index (χ3n) is 9.24. The fraction of sp³-hybridized carbons (Fsp3) is 0.343. The molecule has 8 nitrogen and oxygen atoms in total. The molecule has 226 valence electrons. The number of hydrogen-bond acceptors (Lipinski definition) is 6. The Labute approximate surface area is 261 Å². The van der Waals surface area contributed by atoms with Crippen LogP contribution in [0.4, 0.5) is 11.4 Å². The highest BCUT2D eigenvalue weighted by Crippen LogP contribution is 2.39. The number of amides is 2. The predicted molar refractivity (Wildman–Crippen MR) is 175 cm³/mol. The minimum atomic E-state index is -0.182. The van der Waals surface area contributed by atoms with Crippen LogP contribution in [0.3, 0.4) is 0 Å². The van der Waals surface area contributed by atoms with Crippen LogP contribution in [-0.4, -0.2) is 53.5 Å². The van der Waals surface area contributed by atoms with Crippen molar-refractivity contribution in [2.24, 2.45) is 5.92 Å². The van der Waals surface area contributed by atoms with Crippen molar-refractivity contribution >= 4 is 34.5 Å². The first-order valence-electron chi connectivity index (χ1n) is 15.5. The first-order chi connectivity index (χ1) is 21.5. The molecule has 3 aliphatic heterocycles. The molecule has 2 N–H and O–H groups in total. The van der Waals surface area contributed by atoms with Gasteiger partial charge in [0.1, 0.15) is 0 Å². The van der Waals surface area contributed by atoms with Crippen molar-refractivity contribution in [3.8, 4) is 0 Å². The molecule has 44 heavy (non-hydrogen) atoms. The molecule has 5 heterocycles. The molecule has 2 aromatic carbocycles. The topological polar surface area (TPSA) is 86.7 Å². The highest BCUT2D eigenvalue weighted by atomic mass is 32.1. The van der Waals surface area contributed by atoms with Crippen LogP contribution in [-0.2, 0) is 13.1 Å². The average Bonchev–Trinajstić information content (AvgIpc) is 3.59. The van der Waals surface area contributed by atoms with Crippen molar-refractivity contribution in [2.75, 3.05) is 36.4 Å². The molecule has 4 aromatic rings. The largest absolute Gasteiger partial charge is 0.369 e. The number of fused-ring (bicyclic) bond motifs is 4. The minimum Gasteiger partial charge on any atom is -0.369 e. The van der Waals surface area contributed by atoms with E-state index in [0.717, 1.165) is 63.4 Å². The standard InChI is InChI=1S/C35H37N5O3S/c41-33-10-4-8-30-27-18-25(22-40(30)33)21-39(23-27)31-12-11-26(19-29(31)37-35(43)32-9-5-17-44-32)34(42)36-28-13-15-38(16-14-28)20-24-6-2-1-3-7-24/h1-12,17,19,25,27-28H,13-16,18,20-23H2,(H,36,42)(H,37,43). The van der Waals surface area contributed by atoms with Gasteiger partial charge in [0.2, 0.25) is 0 Å². The smallest absolute Gasteiger partial charge is 0.265 e. The lowest BCUT2D eigenvalue weighted by Gasteiger charge is -2.44. The molecular weight excluding hydrogens is 570 g/mol. The Hall–Kier alpha value is -4.21. The molecular formula is C35H37N5O3S. The normalized spacial score (nSPS) is 20.1. The van der Waals surface area contributed by atoms with E-state index >= 15 is 0 Å². The Morgan fingerprint density at radius 1 is 0.864 bits per heavy atom. The van der Waals surface area contributed by atoms with Gasteiger partial charge in [-0.05, 0) is 66.5 Å². The number of anilines is 2. The van der Waals surface area contributed by atoms with Crippen LogP contribution in [0.15, 0.2) is 89.0 Å². The van der Waals surface area contributed by atoms with Crippen LogP contribution >= 0.6 is 11.3 Å². The van der Waals surface area contributed by atoms with Gasteiger partial charge in [-0.1, -0.05) is 42.5 Å². The molecule has 2 bridgehead atoms. The molecule has 2 fully saturated rings. The summed E-state index contributed by atoms with van der Waals surface area (Å²) in [5.74, 6) is 0.262. The van der Waals surface area contributed by atoms with Gasteiger partial charge in [0.15, 0.2) is 0 Å². The summed E-state index contributed by atoms with van der Waals surface area (Å²) in [7, 11) is 0. The molecule has 2 amide bonds. The molecule has 0 aliphatic carbocycles. The molecule has 9 heteroatoms. The van der Waals surface area contributed by atoms with E-state index in [1.807, 2.05) is 46.3 Å². The maximum Gasteiger partial charge on any atom is 0.265 e. The van der Waals surface area contributed by atoms with Gasteiger partial charge in [-0.2, -0.15) is 0 Å². The van der Waals surface area contributed by atoms with Crippen molar-refractivity contribution < 1.29 is 9.59 Å². The zero-order chi connectivity index (χ0) is 30.0. The van der Waals surface area contributed by atoms with Gasteiger partial charge in [0.05, 0.1) is 16.3 Å². The first-order valence-corrected chi connectivity index (χ1v) is 16.4. The van der Waals surface area contributed by atoms with Crippen LogP contribution < -0.4 is 21.1 Å². The SMILES string of the molecule is O=C(NC1CCN(Cc2ccccc2)CC1)c1ccc(N2CC3CC(C2)c2cccc(=O)n2C3)c(NC(=O)c2cccs2)c1. The van der Waals surface area contributed by atoms with E-state index in [0.29, 0.717) is 28.6 Å². The second kappa shape index (κ2) is 12.4. The van der Waals surface area contributed by atoms with Crippen molar-refractivity contribution in [1.82, 2.24) is 14.8 Å². The summed E-state index contributed by atoms with van der Waals surface area (Å²) >= 11 is 1.39. The van der Waals surface area contributed by atoms with Gasteiger partial charge in [0.25, 0.3) is 17.4 Å². The number of thiophene rings is 1. The van der Waals surface area contributed by atoms with E-state index in [9.17, 15) is 14.4 Å². The lowest BCUT2D eigenvalue weighted by atomic mass is 9.83. The van der Waals surface area contributed by atoms with E-state index < -0.39 is 0 Å². The number of nitrogens with one attached hydrogen (secondary N) is 2. The summed E-state index contributed by atoms with van der Waals surface area (Å²) in [6.45, 7) is 5.03. The zero-order valence-corrected chi connectivity index (χ0v) is 25.5. The monoisotopic (exact) mass is 607 g/mol. The van der Waals surface area contributed by atoms with E-state index in [2.05, 4.69) is 50.8 Å². The maximum absolute atomic E-state index is 13.5. The molecule has 2 atom stereocenters. The van der Waals surface area contributed by atoms with Crippen LogP contribution in [0.2, 0.25) is 0 Å². The number of piperidine rings is 2. The number of aromatic nitrogens is 1. The third kappa shape index (κ3) is 6.07. The van der Waals surface area contributed by atoms with Crippen LogP contribution in [0.5, 0.6) is 0 Å². The Bertz CT molecular complexity index is 1700. The fourth-order valence-corrected chi connectivity index (χ4v) is 7.70. The number of rotatable bonds is 7. The number of hydrogen-bond donors (Lipinski definition) is 2. The molecule has 3 aliphatic rings. The number of likely N-dealkylation sites (tertiary alicyclic amines) is 1. The second-order valence-corrected chi connectivity index (χ2v) is 13.2. The molecule has 0 spiro atoms. The van der Waals surface area contributed by atoms with Crippen LogP contribution in [0.25, 0.3) is 0 Å². The highest BCUT2D eigenvalue weighted by molar-refractivity contribution is 7.12. The minimum absolute atomic E-state index is 0.0618.